The Bertz CT molecular complexity index is 392. The van der Waals surface area contributed by atoms with Crippen LogP contribution in [-0.4, -0.2) is 10.5 Å². The zero-order valence-corrected chi connectivity index (χ0v) is 13.3. The van der Waals surface area contributed by atoms with E-state index in [1.807, 2.05) is 19.1 Å². The Labute approximate surface area is 113 Å². The van der Waals surface area contributed by atoms with Gasteiger partial charge >= 0.3 is 0 Å². The van der Waals surface area contributed by atoms with E-state index in [1.165, 1.54) is 0 Å². The molecule has 2 nitrogen and oxygen atoms in total. The second-order valence-corrected chi connectivity index (χ2v) is 7.36. The number of nitrogens with one attached hydrogen (secondary N) is 1. The van der Waals surface area contributed by atoms with Gasteiger partial charge in [0.05, 0.1) is 5.69 Å². The molecule has 0 bridgehead atoms. The number of anilines is 1. The van der Waals surface area contributed by atoms with Crippen LogP contribution in [0.5, 0.6) is 0 Å². The van der Waals surface area contributed by atoms with Gasteiger partial charge in [0.2, 0.25) is 0 Å². The molecule has 1 aromatic rings. The van der Waals surface area contributed by atoms with Gasteiger partial charge < -0.3 is 5.32 Å². The van der Waals surface area contributed by atoms with Gasteiger partial charge in [0.15, 0.2) is 0 Å². The van der Waals surface area contributed by atoms with Crippen molar-refractivity contribution in [2.45, 2.75) is 53.5 Å². The molecule has 0 aliphatic rings. The zero-order chi connectivity index (χ0) is 13.3. The van der Waals surface area contributed by atoms with Crippen LogP contribution in [-0.2, 0) is 0 Å². The molecule has 0 aliphatic heterocycles. The first kappa shape index (κ1) is 14.5. The minimum atomic E-state index is 0.0471. The molecule has 1 heterocycles. The SMILES string of the molecule is Cc1nc(NC(C)(C)CC(C)(C)C)ccc1Br. The van der Waals surface area contributed by atoms with Crippen LogP contribution >= 0.6 is 15.9 Å². The van der Waals surface area contributed by atoms with E-state index < -0.39 is 0 Å². The van der Waals surface area contributed by atoms with Crippen LogP contribution in [0.2, 0.25) is 0 Å². The second kappa shape index (κ2) is 4.97. The van der Waals surface area contributed by atoms with Gasteiger partial charge in [0.25, 0.3) is 0 Å². The maximum absolute atomic E-state index is 4.53. The van der Waals surface area contributed by atoms with Crippen LogP contribution in [0.25, 0.3) is 0 Å². The molecule has 0 saturated carbocycles. The Morgan fingerprint density at radius 1 is 1.18 bits per heavy atom. The quantitative estimate of drug-likeness (QED) is 0.869. The standard InChI is InChI=1S/C14H23BrN2/c1-10-11(15)7-8-12(16-10)17-14(5,6)9-13(2,3)4/h7-8H,9H2,1-6H3,(H,16,17). The molecular formula is C14H23BrN2. The summed E-state index contributed by atoms with van der Waals surface area (Å²) in [5.41, 5.74) is 1.37. The van der Waals surface area contributed by atoms with Crippen molar-refractivity contribution in [1.82, 2.24) is 4.98 Å². The third kappa shape index (κ3) is 5.07. The van der Waals surface area contributed by atoms with E-state index in [1.54, 1.807) is 0 Å². The number of hydrogen-bond acceptors (Lipinski definition) is 2. The first-order valence-electron chi connectivity index (χ1n) is 6.00. The highest BCUT2D eigenvalue weighted by atomic mass is 79.9. The lowest BCUT2D eigenvalue weighted by Crippen LogP contribution is -2.35. The van der Waals surface area contributed by atoms with Crippen molar-refractivity contribution >= 4 is 21.7 Å². The smallest absolute Gasteiger partial charge is 0.126 e. The molecule has 3 heteroatoms. The molecule has 96 valence electrons. The van der Waals surface area contributed by atoms with E-state index in [0.717, 1.165) is 22.4 Å². The highest BCUT2D eigenvalue weighted by Crippen LogP contribution is 2.29. The van der Waals surface area contributed by atoms with Gasteiger partial charge in [0.1, 0.15) is 5.82 Å². The average Bonchev–Trinajstić information content (AvgIpc) is 2.06. The normalized spacial score (nSPS) is 12.6. The zero-order valence-electron chi connectivity index (χ0n) is 11.7. The predicted molar refractivity (Wildman–Crippen MR) is 78.4 cm³/mol. The van der Waals surface area contributed by atoms with Crippen LogP contribution in [0, 0.1) is 12.3 Å². The summed E-state index contributed by atoms with van der Waals surface area (Å²) in [5, 5.41) is 3.51. The van der Waals surface area contributed by atoms with E-state index in [9.17, 15) is 0 Å². The van der Waals surface area contributed by atoms with Gasteiger partial charge in [-0.25, -0.2) is 4.98 Å². The number of hydrogen-bond donors (Lipinski definition) is 1. The lowest BCUT2D eigenvalue weighted by atomic mass is 9.82. The second-order valence-electron chi connectivity index (χ2n) is 6.51. The fourth-order valence-corrected chi connectivity index (χ4v) is 2.55. The van der Waals surface area contributed by atoms with Crippen LogP contribution in [0.1, 0.15) is 46.7 Å². The van der Waals surface area contributed by atoms with Crippen LogP contribution in [0.3, 0.4) is 0 Å². The molecule has 0 atom stereocenters. The van der Waals surface area contributed by atoms with E-state index in [2.05, 4.69) is 60.8 Å². The van der Waals surface area contributed by atoms with Gasteiger partial charge in [-0.2, -0.15) is 0 Å². The molecule has 17 heavy (non-hydrogen) atoms. The summed E-state index contributed by atoms with van der Waals surface area (Å²) in [4.78, 5) is 4.53. The number of aromatic nitrogens is 1. The van der Waals surface area contributed by atoms with Crippen molar-refractivity contribution in [1.29, 1.82) is 0 Å². The highest BCUT2D eigenvalue weighted by Gasteiger charge is 2.25. The Morgan fingerprint density at radius 3 is 2.24 bits per heavy atom. The summed E-state index contributed by atoms with van der Waals surface area (Å²) in [5.74, 6) is 0.944. The lowest BCUT2D eigenvalue weighted by molar-refractivity contribution is 0.302. The predicted octanol–water partition coefficient (Wildman–Crippen LogP) is 4.78. The van der Waals surface area contributed by atoms with Crippen LogP contribution in [0.15, 0.2) is 16.6 Å². The number of aryl methyl sites for hydroxylation is 1. The molecule has 0 amide bonds. The first-order chi connectivity index (χ1) is 7.59. The molecule has 0 radical (unpaired) electrons. The fourth-order valence-electron chi connectivity index (χ4n) is 2.33. The summed E-state index contributed by atoms with van der Waals surface area (Å²) >= 11 is 3.47. The van der Waals surface area contributed by atoms with E-state index >= 15 is 0 Å². The number of nitrogens with zero attached hydrogens (tertiary/aromatic N) is 1. The maximum atomic E-state index is 4.53. The van der Waals surface area contributed by atoms with Gasteiger partial charge in [0, 0.05) is 10.0 Å². The van der Waals surface area contributed by atoms with Crippen molar-refractivity contribution in [3.8, 4) is 0 Å². The average molecular weight is 299 g/mol. The first-order valence-corrected chi connectivity index (χ1v) is 6.80. The van der Waals surface area contributed by atoms with Gasteiger partial charge in [-0.1, -0.05) is 20.8 Å². The minimum absolute atomic E-state index is 0.0471. The Morgan fingerprint density at radius 2 is 1.76 bits per heavy atom. The molecule has 1 aromatic heterocycles. The molecule has 0 spiro atoms. The van der Waals surface area contributed by atoms with Crippen molar-refractivity contribution in [2.75, 3.05) is 5.32 Å². The summed E-state index contributed by atoms with van der Waals surface area (Å²) in [6.45, 7) is 13.2. The summed E-state index contributed by atoms with van der Waals surface area (Å²) in [6.07, 6.45) is 1.09. The molecule has 0 aromatic carbocycles. The van der Waals surface area contributed by atoms with Gasteiger partial charge in [-0.15, -0.1) is 0 Å². The number of rotatable bonds is 3. The summed E-state index contributed by atoms with van der Waals surface area (Å²) in [6, 6.07) is 4.05. The third-order valence-electron chi connectivity index (χ3n) is 2.46. The molecular weight excluding hydrogens is 276 g/mol. The monoisotopic (exact) mass is 298 g/mol. The summed E-state index contributed by atoms with van der Waals surface area (Å²) in [7, 11) is 0. The van der Waals surface area contributed by atoms with E-state index in [0.29, 0.717) is 5.41 Å². The molecule has 1 rings (SSSR count). The van der Waals surface area contributed by atoms with Crippen LogP contribution < -0.4 is 5.32 Å². The third-order valence-corrected chi connectivity index (χ3v) is 3.30. The molecule has 0 saturated heterocycles. The van der Waals surface area contributed by atoms with Crippen molar-refractivity contribution in [3.05, 3.63) is 22.3 Å². The highest BCUT2D eigenvalue weighted by molar-refractivity contribution is 9.10. The topological polar surface area (TPSA) is 24.9 Å². The minimum Gasteiger partial charge on any atom is -0.365 e. The van der Waals surface area contributed by atoms with Crippen molar-refractivity contribution in [2.24, 2.45) is 5.41 Å². The van der Waals surface area contributed by atoms with Crippen LogP contribution in [0.4, 0.5) is 5.82 Å². The molecule has 0 aliphatic carbocycles. The Kier molecular flexibility index (Phi) is 4.23. The number of pyridine rings is 1. The summed E-state index contributed by atoms with van der Waals surface area (Å²) < 4.78 is 1.05. The Balaban J connectivity index is 2.79. The molecule has 0 fully saturated rings. The Hall–Kier alpha value is -0.570. The van der Waals surface area contributed by atoms with Gasteiger partial charge in [-0.05, 0) is 60.7 Å². The van der Waals surface area contributed by atoms with E-state index in [-0.39, 0.29) is 5.54 Å². The molecule has 1 N–H and O–H groups in total. The largest absolute Gasteiger partial charge is 0.365 e. The van der Waals surface area contributed by atoms with Gasteiger partial charge in [-0.3, -0.25) is 0 Å². The lowest BCUT2D eigenvalue weighted by Gasteiger charge is -2.33. The van der Waals surface area contributed by atoms with Crippen molar-refractivity contribution < 1.29 is 0 Å². The fraction of sp³-hybridized carbons (Fsp3) is 0.643. The maximum Gasteiger partial charge on any atom is 0.126 e. The van der Waals surface area contributed by atoms with E-state index in [4.69, 9.17) is 0 Å². The number of halogens is 1. The molecule has 0 unspecified atom stereocenters. The van der Waals surface area contributed by atoms with Crippen molar-refractivity contribution in [3.63, 3.8) is 0 Å².